The summed E-state index contributed by atoms with van der Waals surface area (Å²) in [6.45, 7) is 5.29. The number of rotatable bonds is 3. The summed E-state index contributed by atoms with van der Waals surface area (Å²) >= 11 is 0. The van der Waals surface area contributed by atoms with Crippen LogP contribution in [0.4, 0.5) is 0 Å². The maximum absolute atomic E-state index is 4.66. The van der Waals surface area contributed by atoms with Crippen molar-refractivity contribution in [2.24, 2.45) is 7.05 Å². The van der Waals surface area contributed by atoms with E-state index in [0.717, 1.165) is 17.9 Å². The van der Waals surface area contributed by atoms with E-state index in [0.29, 0.717) is 6.04 Å². The van der Waals surface area contributed by atoms with E-state index in [4.69, 9.17) is 0 Å². The minimum absolute atomic E-state index is 0.541. The molecule has 0 bridgehead atoms. The van der Waals surface area contributed by atoms with Gasteiger partial charge in [-0.2, -0.15) is 0 Å². The number of nitrogens with zero attached hydrogens (tertiary/aromatic N) is 3. The lowest BCUT2D eigenvalue weighted by atomic mass is 10.3. The highest BCUT2D eigenvalue weighted by atomic mass is 15.2. The van der Waals surface area contributed by atoms with Gasteiger partial charge in [0.15, 0.2) is 0 Å². The van der Waals surface area contributed by atoms with E-state index in [1.165, 1.54) is 5.52 Å². The average Bonchev–Trinajstić information content (AvgIpc) is 2.56. The molecule has 16 heavy (non-hydrogen) atoms. The highest BCUT2D eigenvalue weighted by molar-refractivity contribution is 5.75. The molecule has 0 saturated carbocycles. The number of aryl methyl sites for hydroxylation is 1. The molecule has 0 aliphatic rings. The molecular weight excluding hydrogens is 198 g/mol. The number of imidazole rings is 1. The highest BCUT2D eigenvalue weighted by Gasteiger charge is 2.10. The van der Waals surface area contributed by atoms with Crippen LogP contribution in [0.15, 0.2) is 24.3 Å². The summed E-state index contributed by atoms with van der Waals surface area (Å²) in [6.07, 6.45) is 0. The first kappa shape index (κ1) is 11.1. The second-order valence-corrected chi connectivity index (χ2v) is 4.58. The van der Waals surface area contributed by atoms with Crippen molar-refractivity contribution in [2.45, 2.75) is 26.4 Å². The molecule has 0 fully saturated rings. The Morgan fingerprint density at radius 3 is 2.62 bits per heavy atom. The Morgan fingerprint density at radius 2 is 2.00 bits per heavy atom. The van der Waals surface area contributed by atoms with Crippen LogP contribution < -0.4 is 0 Å². The zero-order chi connectivity index (χ0) is 11.7. The van der Waals surface area contributed by atoms with Gasteiger partial charge in [0, 0.05) is 13.1 Å². The van der Waals surface area contributed by atoms with Crippen LogP contribution in [0.1, 0.15) is 19.7 Å². The fraction of sp³-hybridized carbons (Fsp3) is 0.462. The van der Waals surface area contributed by atoms with Crippen LogP contribution in [-0.4, -0.2) is 27.5 Å². The lowest BCUT2D eigenvalue weighted by Gasteiger charge is -2.20. The fourth-order valence-corrected chi connectivity index (χ4v) is 1.74. The molecule has 3 heteroatoms. The maximum Gasteiger partial charge on any atom is 0.123 e. The molecule has 0 aliphatic carbocycles. The Morgan fingerprint density at radius 1 is 1.31 bits per heavy atom. The number of hydrogen-bond donors (Lipinski definition) is 0. The van der Waals surface area contributed by atoms with E-state index in [9.17, 15) is 0 Å². The molecule has 0 saturated heterocycles. The van der Waals surface area contributed by atoms with Gasteiger partial charge in [-0.25, -0.2) is 4.98 Å². The largest absolute Gasteiger partial charge is 0.330 e. The zero-order valence-electron chi connectivity index (χ0n) is 10.4. The monoisotopic (exact) mass is 217 g/mol. The predicted molar refractivity (Wildman–Crippen MR) is 67.3 cm³/mol. The molecular formula is C13H19N3. The minimum Gasteiger partial charge on any atom is -0.330 e. The van der Waals surface area contributed by atoms with Gasteiger partial charge in [-0.3, -0.25) is 4.90 Å². The second kappa shape index (κ2) is 4.26. The van der Waals surface area contributed by atoms with Gasteiger partial charge in [-0.15, -0.1) is 0 Å². The third kappa shape index (κ3) is 1.95. The molecule has 0 spiro atoms. The zero-order valence-corrected chi connectivity index (χ0v) is 10.4. The van der Waals surface area contributed by atoms with Gasteiger partial charge in [-0.05, 0) is 33.0 Å². The topological polar surface area (TPSA) is 21.1 Å². The number of hydrogen-bond acceptors (Lipinski definition) is 2. The van der Waals surface area contributed by atoms with Gasteiger partial charge in [0.05, 0.1) is 17.6 Å². The van der Waals surface area contributed by atoms with Crippen molar-refractivity contribution in [3.8, 4) is 0 Å². The lowest BCUT2D eigenvalue weighted by Crippen LogP contribution is -2.26. The first-order valence-electron chi connectivity index (χ1n) is 5.70. The Labute approximate surface area is 96.7 Å². The smallest absolute Gasteiger partial charge is 0.123 e. The third-order valence-corrected chi connectivity index (χ3v) is 3.15. The quantitative estimate of drug-likeness (QED) is 0.787. The first-order chi connectivity index (χ1) is 7.59. The highest BCUT2D eigenvalue weighted by Crippen LogP contribution is 2.15. The van der Waals surface area contributed by atoms with Crippen LogP contribution in [0.3, 0.4) is 0 Å². The first-order valence-corrected chi connectivity index (χ1v) is 5.70. The summed E-state index contributed by atoms with van der Waals surface area (Å²) in [5.41, 5.74) is 2.28. The summed E-state index contributed by atoms with van der Waals surface area (Å²) in [5, 5.41) is 0. The molecule has 0 N–H and O–H groups in total. The SMILES string of the molecule is CC(C)N(C)Cc1nc2ccccc2n1C. The molecule has 2 aromatic rings. The summed E-state index contributed by atoms with van der Waals surface area (Å²) in [5.74, 6) is 1.12. The van der Waals surface area contributed by atoms with Crippen molar-refractivity contribution < 1.29 is 0 Å². The Hall–Kier alpha value is -1.35. The van der Waals surface area contributed by atoms with Crippen molar-refractivity contribution in [3.05, 3.63) is 30.1 Å². The molecule has 0 radical (unpaired) electrons. The second-order valence-electron chi connectivity index (χ2n) is 4.58. The fourth-order valence-electron chi connectivity index (χ4n) is 1.74. The van der Waals surface area contributed by atoms with E-state index < -0.39 is 0 Å². The molecule has 0 atom stereocenters. The number of para-hydroxylation sites is 2. The van der Waals surface area contributed by atoms with Crippen molar-refractivity contribution in [2.75, 3.05) is 7.05 Å². The predicted octanol–water partition coefficient (Wildman–Crippen LogP) is 2.41. The van der Waals surface area contributed by atoms with Crippen LogP contribution in [0.25, 0.3) is 11.0 Å². The molecule has 1 heterocycles. The average molecular weight is 217 g/mol. The van der Waals surface area contributed by atoms with Crippen molar-refractivity contribution in [3.63, 3.8) is 0 Å². The Kier molecular flexibility index (Phi) is 2.97. The molecule has 1 aromatic carbocycles. The van der Waals surface area contributed by atoms with Gasteiger partial charge in [0.1, 0.15) is 5.82 Å². The molecule has 1 aromatic heterocycles. The summed E-state index contributed by atoms with van der Waals surface area (Å²) in [4.78, 5) is 6.95. The number of benzene rings is 1. The maximum atomic E-state index is 4.66. The molecule has 0 aliphatic heterocycles. The summed E-state index contributed by atoms with van der Waals surface area (Å²) in [7, 11) is 4.21. The van der Waals surface area contributed by atoms with E-state index in [1.54, 1.807) is 0 Å². The standard InChI is InChI=1S/C13H19N3/c1-10(2)15(3)9-13-14-11-7-5-6-8-12(11)16(13)4/h5-8,10H,9H2,1-4H3. The molecule has 86 valence electrons. The van der Waals surface area contributed by atoms with Crippen LogP contribution in [0, 0.1) is 0 Å². The van der Waals surface area contributed by atoms with Crippen molar-refractivity contribution in [1.29, 1.82) is 0 Å². The van der Waals surface area contributed by atoms with E-state index >= 15 is 0 Å². The van der Waals surface area contributed by atoms with Gasteiger partial charge < -0.3 is 4.57 Å². The third-order valence-electron chi connectivity index (χ3n) is 3.15. The number of aromatic nitrogens is 2. The Balaban J connectivity index is 2.35. The molecule has 3 nitrogen and oxygen atoms in total. The van der Waals surface area contributed by atoms with Gasteiger partial charge >= 0.3 is 0 Å². The van der Waals surface area contributed by atoms with Crippen LogP contribution >= 0.6 is 0 Å². The van der Waals surface area contributed by atoms with Gasteiger partial charge in [-0.1, -0.05) is 12.1 Å². The summed E-state index contributed by atoms with van der Waals surface area (Å²) in [6, 6.07) is 8.81. The van der Waals surface area contributed by atoms with E-state index in [1.807, 2.05) is 6.07 Å². The molecule has 0 amide bonds. The van der Waals surface area contributed by atoms with E-state index in [-0.39, 0.29) is 0 Å². The van der Waals surface area contributed by atoms with E-state index in [2.05, 4.69) is 60.6 Å². The van der Waals surface area contributed by atoms with Gasteiger partial charge in [0.25, 0.3) is 0 Å². The summed E-state index contributed by atoms with van der Waals surface area (Å²) < 4.78 is 2.17. The Bertz CT molecular complexity index is 485. The minimum atomic E-state index is 0.541. The normalized spacial score (nSPS) is 11.9. The molecule has 0 unspecified atom stereocenters. The lowest BCUT2D eigenvalue weighted by molar-refractivity contribution is 0.257. The van der Waals surface area contributed by atoms with Crippen LogP contribution in [0.5, 0.6) is 0 Å². The van der Waals surface area contributed by atoms with Crippen LogP contribution in [-0.2, 0) is 13.6 Å². The van der Waals surface area contributed by atoms with Gasteiger partial charge in [0.2, 0.25) is 0 Å². The van der Waals surface area contributed by atoms with Crippen molar-refractivity contribution >= 4 is 11.0 Å². The van der Waals surface area contributed by atoms with Crippen LogP contribution in [0.2, 0.25) is 0 Å². The number of fused-ring (bicyclic) bond motifs is 1. The van der Waals surface area contributed by atoms with Crippen molar-refractivity contribution in [1.82, 2.24) is 14.5 Å². The molecule has 2 rings (SSSR count).